The van der Waals surface area contributed by atoms with E-state index in [9.17, 15) is 8.42 Å². The van der Waals surface area contributed by atoms with Crippen molar-refractivity contribution in [2.24, 2.45) is 0 Å². The van der Waals surface area contributed by atoms with Gasteiger partial charge in [-0.05, 0) is 36.3 Å². The van der Waals surface area contributed by atoms with Gasteiger partial charge in [-0.15, -0.1) is 0 Å². The minimum absolute atomic E-state index is 0.426. The maximum Gasteiger partial charge on any atom is 0.255 e. The van der Waals surface area contributed by atoms with Gasteiger partial charge >= 0.3 is 0 Å². The molecule has 0 heterocycles. The fourth-order valence-corrected chi connectivity index (χ4v) is 2.69. The van der Waals surface area contributed by atoms with Gasteiger partial charge in [0.15, 0.2) is 0 Å². The summed E-state index contributed by atoms with van der Waals surface area (Å²) in [5.74, 6) is 0.484. The highest BCUT2D eigenvalue weighted by Gasteiger charge is 2.10. The van der Waals surface area contributed by atoms with Gasteiger partial charge in [-0.25, -0.2) is 8.42 Å². The van der Waals surface area contributed by atoms with Crippen molar-refractivity contribution in [2.45, 2.75) is 6.92 Å². The van der Waals surface area contributed by atoms with Crippen molar-refractivity contribution >= 4 is 21.8 Å². The first-order valence-corrected chi connectivity index (χ1v) is 7.95. The molecule has 0 fully saturated rings. The van der Waals surface area contributed by atoms with E-state index in [1.807, 2.05) is 43.3 Å². The molecule has 5 heteroatoms. The lowest BCUT2D eigenvalue weighted by atomic mass is 10.2. The summed E-state index contributed by atoms with van der Waals surface area (Å²) in [4.78, 5) is 0. The van der Waals surface area contributed by atoms with Crippen LogP contribution in [0, 0.1) is 6.92 Å². The Balaban J connectivity index is 2.22. The molecule has 0 saturated carbocycles. The minimum atomic E-state index is -3.59. The van der Waals surface area contributed by atoms with Crippen molar-refractivity contribution in [1.29, 1.82) is 0 Å². The summed E-state index contributed by atoms with van der Waals surface area (Å²) >= 11 is 0. The average molecular weight is 303 g/mol. The number of nitrogens with one attached hydrogen (secondary N) is 1. The normalized spacial score (nSPS) is 11.5. The Morgan fingerprint density at radius 1 is 1.10 bits per heavy atom. The highest BCUT2D eigenvalue weighted by molar-refractivity contribution is 7.95. The number of ether oxygens (including phenoxy) is 1. The van der Waals surface area contributed by atoms with Crippen LogP contribution in [0.4, 0.5) is 5.69 Å². The van der Waals surface area contributed by atoms with Crippen LogP contribution < -0.4 is 9.46 Å². The number of sulfonamides is 1. The molecule has 4 nitrogen and oxygen atoms in total. The number of hydrogen-bond acceptors (Lipinski definition) is 3. The second-order valence-corrected chi connectivity index (χ2v) is 6.13. The predicted molar refractivity (Wildman–Crippen MR) is 85.7 cm³/mol. The first-order valence-electron chi connectivity index (χ1n) is 6.41. The zero-order valence-corrected chi connectivity index (χ0v) is 12.7. The topological polar surface area (TPSA) is 55.4 Å². The van der Waals surface area contributed by atoms with E-state index < -0.39 is 10.0 Å². The summed E-state index contributed by atoms with van der Waals surface area (Å²) in [6.07, 6.45) is 1.55. The number of benzene rings is 2. The molecule has 0 aliphatic heterocycles. The third kappa shape index (κ3) is 4.36. The molecular formula is C16H17NO3S. The van der Waals surface area contributed by atoms with Crippen molar-refractivity contribution in [2.75, 3.05) is 11.8 Å². The van der Waals surface area contributed by atoms with Gasteiger partial charge in [-0.3, -0.25) is 4.72 Å². The van der Waals surface area contributed by atoms with Gasteiger partial charge in [-0.2, -0.15) is 0 Å². The lowest BCUT2D eigenvalue weighted by Gasteiger charge is -2.10. The summed E-state index contributed by atoms with van der Waals surface area (Å²) in [6, 6.07) is 14.6. The van der Waals surface area contributed by atoms with E-state index in [2.05, 4.69) is 4.72 Å². The highest BCUT2D eigenvalue weighted by Crippen LogP contribution is 2.26. The lowest BCUT2D eigenvalue weighted by molar-refractivity contribution is 0.417. The van der Waals surface area contributed by atoms with E-state index in [-0.39, 0.29) is 0 Å². The van der Waals surface area contributed by atoms with Gasteiger partial charge in [0.1, 0.15) is 5.75 Å². The molecule has 2 aromatic carbocycles. The minimum Gasteiger partial charge on any atom is -0.495 e. The van der Waals surface area contributed by atoms with Crippen LogP contribution in [0.15, 0.2) is 53.9 Å². The maximum atomic E-state index is 12.1. The summed E-state index contributed by atoms with van der Waals surface area (Å²) in [6.45, 7) is 1.89. The molecule has 21 heavy (non-hydrogen) atoms. The Morgan fingerprint density at radius 2 is 1.81 bits per heavy atom. The van der Waals surface area contributed by atoms with E-state index in [4.69, 9.17) is 4.74 Å². The van der Waals surface area contributed by atoms with Crippen LogP contribution in [0.3, 0.4) is 0 Å². The van der Waals surface area contributed by atoms with Crippen molar-refractivity contribution in [1.82, 2.24) is 0 Å². The SMILES string of the molecule is COc1ccc(C)cc1NS(=O)(=O)/C=C/c1ccccc1. The molecule has 0 saturated heterocycles. The van der Waals surface area contributed by atoms with Gasteiger partial charge in [0, 0.05) is 0 Å². The Hall–Kier alpha value is -2.27. The van der Waals surface area contributed by atoms with Crippen LogP contribution in [0.2, 0.25) is 0 Å². The molecule has 2 rings (SSSR count). The number of hydrogen-bond donors (Lipinski definition) is 1. The zero-order valence-electron chi connectivity index (χ0n) is 11.9. The first-order chi connectivity index (χ1) is 10.00. The van der Waals surface area contributed by atoms with Crippen LogP contribution in [0.25, 0.3) is 6.08 Å². The smallest absolute Gasteiger partial charge is 0.255 e. The molecule has 2 aromatic rings. The number of methoxy groups -OCH3 is 1. The average Bonchev–Trinajstić information content (AvgIpc) is 2.46. The first kappa shape index (κ1) is 15.1. The molecule has 0 aromatic heterocycles. The molecule has 0 spiro atoms. The summed E-state index contributed by atoms with van der Waals surface area (Å²) in [5, 5.41) is 1.14. The Labute approximate surface area is 125 Å². The molecular weight excluding hydrogens is 286 g/mol. The second-order valence-electron chi connectivity index (χ2n) is 4.56. The number of anilines is 1. The van der Waals surface area contributed by atoms with E-state index in [0.717, 1.165) is 16.5 Å². The number of aryl methyl sites for hydroxylation is 1. The van der Waals surface area contributed by atoms with Crippen molar-refractivity contribution in [3.8, 4) is 5.75 Å². The van der Waals surface area contributed by atoms with Gasteiger partial charge in [-0.1, -0.05) is 36.4 Å². The lowest BCUT2D eigenvalue weighted by Crippen LogP contribution is -2.10. The predicted octanol–water partition coefficient (Wildman–Crippen LogP) is 3.42. The summed E-state index contributed by atoms with van der Waals surface area (Å²) < 4.78 is 31.9. The van der Waals surface area contributed by atoms with E-state index in [1.165, 1.54) is 7.11 Å². The fraction of sp³-hybridized carbons (Fsp3) is 0.125. The third-order valence-electron chi connectivity index (χ3n) is 2.85. The Kier molecular flexibility index (Phi) is 4.65. The van der Waals surface area contributed by atoms with Crippen LogP contribution in [-0.4, -0.2) is 15.5 Å². The molecule has 1 N–H and O–H groups in total. The monoisotopic (exact) mass is 303 g/mol. The number of rotatable bonds is 5. The highest BCUT2D eigenvalue weighted by atomic mass is 32.2. The quantitative estimate of drug-likeness (QED) is 0.921. The van der Waals surface area contributed by atoms with Crippen LogP contribution >= 0.6 is 0 Å². The molecule has 0 aliphatic rings. The van der Waals surface area contributed by atoms with Crippen molar-refractivity contribution in [3.05, 3.63) is 65.1 Å². The van der Waals surface area contributed by atoms with Gasteiger partial charge in [0.2, 0.25) is 0 Å². The second kappa shape index (κ2) is 6.45. The molecule has 0 aliphatic carbocycles. The Morgan fingerprint density at radius 3 is 2.48 bits per heavy atom. The van der Waals surface area contributed by atoms with E-state index in [1.54, 1.807) is 18.2 Å². The molecule has 110 valence electrons. The fourth-order valence-electron chi connectivity index (χ4n) is 1.82. The zero-order chi connectivity index (χ0) is 15.3. The standard InChI is InChI=1S/C16H17NO3S/c1-13-8-9-16(20-2)15(12-13)17-21(18,19)11-10-14-6-4-3-5-7-14/h3-12,17H,1-2H3/b11-10+. The molecule has 0 unspecified atom stereocenters. The van der Waals surface area contributed by atoms with Gasteiger partial charge < -0.3 is 4.74 Å². The van der Waals surface area contributed by atoms with Crippen LogP contribution in [0.1, 0.15) is 11.1 Å². The van der Waals surface area contributed by atoms with Crippen molar-refractivity contribution < 1.29 is 13.2 Å². The van der Waals surface area contributed by atoms with E-state index in [0.29, 0.717) is 11.4 Å². The summed E-state index contributed by atoms with van der Waals surface area (Å²) in [7, 11) is -2.09. The molecule has 0 atom stereocenters. The van der Waals surface area contributed by atoms with Crippen molar-refractivity contribution in [3.63, 3.8) is 0 Å². The molecule has 0 radical (unpaired) electrons. The third-order valence-corrected chi connectivity index (χ3v) is 3.85. The Bertz CT molecular complexity index is 737. The molecule has 0 bridgehead atoms. The van der Waals surface area contributed by atoms with Crippen LogP contribution in [0.5, 0.6) is 5.75 Å². The van der Waals surface area contributed by atoms with Gasteiger partial charge in [0.05, 0.1) is 18.2 Å². The molecule has 0 amide bonds. The van der Waals surface area contributed by atoms with Crippen LogP contribution in [-0.2, 0) is 10.0 Å². The summed E-state index contributed by atoms with van der Waals surface area (Å²) in [5.41, 5.74) is 2.19. The maximum absolute atomic E-state index is 12.1. The van der Waals surface area contributed by atoms with E-state index >= 15 is 0 Å². The van der Waals surface area contributed by atoms with Gasteiger partial charge in [0.25, 0.3) is 10.0 Å². The largest absolute Gasteiger partial charge is 0.495 e.